The van der Waals surface area contributed by atoms with E-state index in [9.17, 15) is 15.0 Å². The summed E-state index contributed by atoms with van der Waals surface area (Å²) in [6.07, 6.45) is 1.15. The molecule has 19 heavy (non-hydrogen) atoms. The van der Waals surface area contributed by atoms with Crippen molar-refractivity contribution in [2.24, 2.45) is 0 Å². The molecule has 2 N–H and O–H groups in total. The molecule has 6 heteroatoms. The van der Waals surface area contributed by atoms with Gasteiger partial charge in [0.2, 0.25) is 5.91 Å². The first-order valence-corrected chi connectivity index (χ1v) is 6.48. The van der Waals surface area contributed by atoms with Crippen LogP contribution in [0, 0.1) is 13.8 Å². The number of piperidine rings is 1. The van der Waals surface area contributed by atoms with Gasteiger partial charge >= 0.3 is 0 Å². The maximum absolute atomic E-state index is 12.2. The molecule has 2 atom stereocenters. The molecule has 0 aliphatic carbocycles. The summed E-state index contributed by atoms with van der Waals surface area (Å²) < 4.78 is 1.80. The first-order chi connectivity index (χ1) is 8.81. The number of β-amino-alcohol motifs (C(OH)–C–C–N with tert-alkyl or cyclic N) is 1. The fourth-order valence-electron chi connectivity index (χ4n) is 2.20. The molecular formula is C13H21N3O3. The highest BCUT2D eigenvalue weighted by atomic mass is 16.3. The van der Waals surface area contributed by atoms with Gasteiger partial charge < -0.3 is 19.7 Å². The molecule has 2 rings (SSSR count). The Kier molecular flexibility index (Phi) is 3.64. The number of aliphatic hydroxyl groups excluding tert-OH is 1. The van der Waals surface area contributed by atoms with Gasteiger partial charge in [0.1, 0.15) is 6.54 Å². The normalized spacial score (nSPS) is 27.6. The Morgan fingerprint density at radius 1 is 1.58 bits per heavy atom. The molecule has 1 aliphatic rings. The topological polar surface area (TPSA) is 78.6 Å². The number of hydrogen-bond donors (Lipinski definition) is 2. The fourth-order valence-corrected chi connectivity index (χ4v) is 2.20. The van der Waals surface area contributed by atoms with Gasteiger partial charge in [-0.05, 0) is 27.2 Å². The summed E-state index contributed by atoms with van der Waals surface area (Å²) in [7, 11) is 0. The zero-order chi connectivity index (χ0) is 14.2. The molecule has 1 aliphatic heterocycles. The molecule has 2 heterocycles. The van der Waals surface area contributed by atoms with Crippen LogP contribution in [-0.2, 0) is 11.3 Å². The van der Waals surface area contributed by atoms with Gasteiger partial charge in [0, 0.05) is 18.8 Å². The van der Waals surface area contributed by atoms with Crippen molar-refractivity contribution in [1.29, 1.82) is 0 Å². The van der Waals surface area contributed by atoms with Crippen molar-refractivity contribution >= 4 is 5.91 Å². The number of aromatic nitrogens is 2. The summed E-state index contributed by atoms with van der Waals surface area (Å²) in [6, 6.07) is 0. The summed E-state index contributed by atoms with van der Waals surface area (Å²) in [5.41, 5.74) is 0.783. The molecule has 0 bridgehead atoms. The van der Waals surface area contributed by atoms with Gasteiger partial charge in [-0.3, -0.25) is 4.79 Å². The standard InChI is InChI=1S/C13H21N3O3/c1-9-10(2)16(8-14-9)7-12(18)15-5-4-13(3,19)11(17)6-15/h8,11,17,19H,4-7H2,1-3H3/t11-,13+/m1/s1. The molecule has 106 valence electrons. The molecule has 1 amide bonds. The molecule has 1 aromatic rings. The number of imidazole rings is 1. The van der Waals surface area contributed by atoms with Crippen LogP contribution in [0.3, 0.4) is 0 Å². The van der Waals surface area contributed by atoms with Crippen molar-refractivity contribution in [3.63, 3.8) is 0 Å². The van der Waals surface area contributed by atoms with E-state index in [1.54, 1.807) is 22.7 Å². The molecule has 0 spiro atoms. The van der Waals surface area contributed by atoms with Crippen molar-refractivity contribution < 1.29 is 15.0 Å². The summed E-state index contributed by atoms with van der Waals surface area (Å²) in [5, 5.41) is 19.7. The highest BCUT2D eigenvalue weighted by Gasteiger charge is 2.37. The number of likely N-dealkylation sites (tertiary alicyclic amines) is 1. The second-order valence-corrected chi connectivity index (χ2v) is 5.51. The maximum Gasteiger partial charge on any atom is 0.242 e. The smallest absolute Gasteiger partial charge is 0.242 e. The van der Waals surface area contributed by atoms with E-state index in [1.165, 1.54) is 0 Å². The Labute approximate surface area is 112 Å². The average molecular weight is 267 g/mol. The first-order valence-electron chi connectivity index (χ1n) is 6.48. The highest BCUT2D eigenvalue weighted by molar-refractivity contribution is 5.76. The minimum atomic E-state index is -1.10. The minimum Gasteiger partial charge on any atom is -0.388 e. The maximum atomic E-state index is 12.2. The summed E-state index contributed by atoms with van der Waals surface area (Å²) >= 11 is 0. The molecule has 6 nitrogen and oxygen atoms in total. The van der Waals surface area contributed by atoms with Gasteiger partial charge in [-0.2, -0.15) is 0 Å². The zero-order valence-electron chi connectivity index (χ0n) is 11.6. The van der Waals surface area contributed by atoms with Crippen LogP contribution in [0.1, 0.15) is 24.7 Å². The van der Waals surface area contributed by atoms with Crippen LogP contribution in [0.5, 0.6) is 0 Å². The highest BCUT2D eigenvalue weighted by Crippen LogP contribution is 2.22. The number of carbonyl (C=O) groups excluding carboxylic acids is 1. The van der Waals surface area contributed by atoms with Gasteiger partial charge in [0.25, 0.3) is 0 Å². The number of rotatable bonds is 2. The molecule has 1 fully saturated rings. The Hall–Kier alpha value is -1.40. The van der Waals surface area contributed by atoms with Gasteiger partial charge in [-0.1, -0.05) is 0 Å². The number of aryl methyl sites for hydroxylation is 1. The minimum absolute atomic E-state index is 0.0601. The van der Waals surface area contributed by atoms with Gasteiger partial charge in [0.15, 0.2) is 0 Å². The third-order valence-electron chi connectivity index (χ3n) is 4.00. The number of hydrogen-bond acceptors (Lipinski definition) is 4. The van der Waals surface area contributed by atoms with Crippen LogP contribution in [0.15, 0.2) is 6.33 Å². The number of aliphatic hydroxyl groups is 2. The van der Waals surface area contributed by atoms with E-state index in [-0.39, 0.29) is 19.0 Å². The Morgan fingerprint density at radius 2 is 2.26 bits per heavy atom. The van der Waals surface area contributed by atoms with E-state index in [0.717, 1.165) is 11.4 Å². The third-order valence-corrected chi connectivity index (χ3v) is 4.00. The van der Waals surface area contributed by atoms with E-state index in [1.807, 2.05) is 13.8 Å². The van der Waals surface area contributed by atoms with Gasteiger partial charge in [0.05, 0.1) is 23.7 Å². The lowest BCUT2D eigenvalue weighted by Crippen LogP contribution is -2.55. The second-order valence-electron chi connectivity index (χ2n) is 5.51. The van der Waals surface area contributed by atoms with Gasteiger partial charge in [-0.15, -0.1) is 0 Å². The van der Waals surface area contributed by atoms with Crippen molar-refractivity contribution in [1.82, 2.24) is 14.5 Å². The quantitative estimate of drug-likeness (QED) is 0.781. The van der Waals surface area contributed by atoms with E-state index >= 15 is 0 Å². The Morgan fingerprint density at radius 3 is 2.79 bits per heavy atom. The van der Waals surface area contributed by atoms with Crippen LogP contribution in [0.4, 0.5) is 0 Å². The number of carbonyl (C=O) groups is 1. The van der Waals surface area contributed by atoms with Crippen molar-refractivity contribution in [2.45, 2.75) is 45.4 Å². The zero-order valence-corrected chi connectivity index (χ0v) is 11.6. The molecule has 0 aromatic carbocycles. The Balaban J connectivity index is 2.00. The SMILES string of the molecule is Cc1ncn(CC(=O)N2CC[C@](C)(O)[C@H](O)C2)c1C. The van der Waals surface area contributed by atoms with Crippen molar-refractivity contribution in [2.75, 3.05) is 13.1 Å². The van der Waals surface area contributed by atoms with Crippen LogP contribution in [0.25, 0.3) is 0 Å². The summed E-state index contributed by atoms with van der Waals surface area (Å²) in [5.74, 6) is -0.0601. The largest absolute Gasteiger partial charge is 0.388 e. The van der Waals surface area contributed by atoms with Crippen LogP contribution in [-0.4, -0.2) is 55.4 Å². The van der Waals surface area contributed by atoms with Gasteiger partial charge in [-0.25, -0.2) is 4.98 Å². The summed E-state index contributed by atoms with van der Waals surface area (Å²) in [6.45, 7) is 6.29. The van der Waals surface area contributed by atoms with Crippen molar-refractivity contribution in [3.05, 3.63) is 17.7 Å². The molecule has 1 aromatic heterocycles. The van der Waals surface area contributed by atoms with E-state index in [2.05, 4.69) is 4.98 Å². The van der Waals surface area contributed by atoms with E-state index in [0.29, 0.717) is 13.0 Å². The lowest BCUT2D eigenvalue weighted by molar-refractivity contribution is -0.146. The average Bonchev–Trinajstić information content (AvgIpc) is 2.64. The molecule has 0 saturated carbocycles. The monoisotopic (exact) mass is 267 g/mol. The predicted octanol–water partition coefficient (Wildman–Crippen LogP) is -0.156. The third kappa shape index (κ3) is 2.79. The predicted molar refractivity (Wildman–Crippen MR) is 69.5 cm³/mol. The lowest BCUT2D eigenvalue weighted by Gasteiger charge is -2.40. The fraction of sp³-hybridized carbons (Fsp3) is 0.692. The Bertz CT molecular complexity index is 481. The van der Waals surface area contributed by atoms with Crippen molar-refractivity contribution in [3.8, 4) is 0 Å². The summed E-state index contributed by atoms with van der Waals surface area (Å²) in [4.78, 5) is 17.9. The van der Waals surface area contributed by atoms with Crippen LogP contribution in [0.2, 0.25) is 0 Å². The van der Waals surface area contributed by atoms with E-state index < -0.39 is 11.7 Å². The van der Waals surface area contributed by atoms with Crippen LogP contribution < -0.4 is 0 Å². The van der Waals surface area contributed by atoms with E-state index in [4.69, 9.17) is 0 Å². The first kappa shape index (κ1) is 14.0. The van der Waals surface area contributed by atoms with Crippen LogP contribution >= 0.6 is 0 Å². The molecule has 0 unspecified atom stereocenters. The molecular weight excluding hydrogens is 246 g/mol. The molecule has 0 radical (unpaired) electrons. The molecule has 1 saturated heterocycles. The second kappa shape index (κ2) is 4.94. The number of nitrogens with zero attached hydrogens (tertiary/aromatic N) is 3. The number of amides is 1. The lowest BCUT2D eigenvalue weighted by atomic mass is 9.91.